The lowest BCUT2D eigenvalue weighted by Crippen LogP contribution is -2.21. The van der Waals surface area contributed by atoms with Gasteiger partial charge in [0.25, 0.3) is 0 Å². The maximum atomic E-state index is 10.7. The third kappa shape index (κ3) is 4.94. The summed E-state index contributed by atoms with van der Waals surface area (Å²) in [5.74, 6) is 0. The van der Waals surface area contributed by atoms with Crippen LogP contribution in [0.3, 0.4) is 0 Å². The molecule has 2 N–H and O–H groups in total. The molecule has 0 aromatic carbocycles. The largest absolute Gasteiger partial charge is 0.322 e. The van der Waals surface area contributed by atoms with Gasteiger partial charge in [0, 0.05) is 11.8 Å². The molecule has 0 saturated carbocycles. The van der Waals surface area contributed by atoms with Crippen LogP contribution in [0.15, 0.2) is 29.6 Å². The van der Waals surface area contributed by atoms with Gasteiger partial charge in [-0.2, -0.15) is 0 Å². The SMILES string of the molecule is C1CCNCC1.C=C(C)c1cccc(=O)[nH]1. The first kappa shape index (κ1) is 12.7. The molecule has 0 spiro atoms. The molecule has 1 fully saturated rings. The Bertz CT molecular complexity index is 366. The van der Waals surface area contributed by atoms with Crippen LogP contribution in [0.25, 0.3) is 5.57 Å². The van der Waals surface area contributed by atoms with Crippen LogP contribution in [-0.2, 0) is 0 Å². The van der Waals surface area contributed by atoms with Gasteiger partial charge in [-0.05, 0) is 44.5 Å². The minimum Gasteiger partial charge on any atom is -0.322 e. The van der Waals surface area contributed by atoms with Crippen molar-refractivity contribution in [1.82, 2.24) is 10.3 Å². The average molecular weight is 220 g/mol. The number of H-pyrrole nitrogens is 1. The van der Waals surface area contributed by atoms with E-state index in [1.807, 2.05) is 13.0 Å². The van der Waals surface area contributed by atoms with Crippen LogP contribution in [-0.4, -0.2) is 18.1 Å². The van der Waals surface area contributed by atoms with Crippen LogP contribution in [0, 0.1) is 0 Å². The summed E-state index contributed by atoms with van der Waals surface area (Å²) in [4.78, 5) is 13.3. The van der Waals surface area contributed by atoms with Crippen molar-refractivity contribution in [2.45, 2.75) is 26.2 Å². The van der Waals surface area contributed by atoms with E-state index in [2.05, 4.69) is 16.9 Å². The van der Waals surface area contributed by atoms with Gasteiger partial charge in [-0.15, -0.1) is 0 Å². The first-order valence-electron chi connectivity index (χ1n) is 5.76. The van der Waals surface area contributed by atoms with Crippen molar-refractivity contribution >= 4 is 5.57 Å². The smallest absolute Gasteiger partial charge is 0.248 e. The summed E-state index contributed by atoms with van der Waals surface area (Å²) < 4.78 is 0. The Kier molecular flexibility index (Phi) is 5.57. The average Bonchev–Trinajstić information content (AvgIpc) is 2.32. The normalized spacial score (nSPS) is 14.8. The molecule has 2 rings (SSSR count). The van der Waals surface area contributed by atoms with Crippen molar-refractivity contribution in [3.63, 3.8) is 0 Å². The number of aromatic nitrogens is 1. The summed E-state index contributed by atoms with van der Waals surface area (Å²) in [6.45, 7) is 8.05. The Labute approximate surface area is 96.6 Å². The van der Waals surface area contributed by atoms with Gasteiger partial charge < -0.3 is 10.3 Å². The number of nitrogens with one attached hydrogen (secondary N) is 2. The monoisotopic (exact) mass is 220 g/mol. The molecule has 0 unspecified atom stereocenters. The molecule has 3 nitrogen and oxygen atoms in total. The van der Waals surface area contributed by atoms with Crippen LogP contribution in [0.2, 0.25) is 0 Å². The van der Waals surface area contributed by atoms with Crippen molar-refractivity contribution in [2.24, 2.45) is 0 Å². The topological polar surface area (TPSA) is 44.9 Å². The lowest BCUT2D eigenvalue weighted by atomic mass is 10.2. The van der Waals surface area contributed by atoms with Gasteiger partial charge in [0.05, 0.1) is 0 Å². The number of allylic oxidation sites excluding steroid dienone is 1. The van der Waals surface area contributed by atoms with E-state index in [1.54, 1.807) is 6.07 Å². The van der Waals surface area contributed by atoms with Crippen molar-refractivity contribution in [3.8, 4) is 0 Å². The second-order valence-corrected chi connectivity index (χ2v) is 4.02. The predicted molar refractivity (Wildman–Crippen MR) is 68.5 cm³/mol. The van der Waals surface area contributed by atoms with Crippen LogP contribution in [0.1, 0.15) is 31.9 Å². The summed E-state index contributed by atoms with van der Waals surface area (Å²) in [7, 11) is 0. The number of piperidine rings is 1. The number of pyridine rings is 1. The quantitative estimate of drug-likeness (QED) is 0.762. The van der Waals surface area contributed by atoms with Gasteiger partial charge in [-0.25, -0.2) is 0 Å². The van der Waals surface area contributed by atoms with E-state index < -0.39 is 0 Å². The standard InChI is InChI=1S/C8H9NO.C5H11N/c1-6(2)7-4-3-5-8(10)9-7;1-2-4-6-5-3-1/h3-5H,1H2,2H3,(H,9,10);6H,1-5H2. The molecule has 1 aliphatic rings. The highest BCUT2D eigenvalue weighted by Gasteiger charge is 1.93. The van der Waals surface area contributed by atoms with E-state index in [1.165, 1.54) is 38.4 Å². The maximum absolute atomic E-state index is 10.7. The second kappa shape index (κ2) is 7.01. The summed E-state index contributed by atoms with van der Waals surface area (Å²) >= 11 is 0. The molecular weight excluding hydrogens is 200 g/mol. The second-order valence-electron chi connectivity index (χ2n) is 4.02. The molecule has 0 atom stereocenters. The zero-order valence-corrected chi connectivity index (χ0v) is 9.88. The molecule has 1 aromatic rings. The highest BCUT2D eigenvalue weighted by atomic mass is 16.1. The summed E-state index contributed by atoms with van der Waals surface area (Å²) in [6.07, 6.45) is 4.22. The number of rotatable bonds is 1. The van der Waals surface area contributed by atoms with E-state index in [4.69, 9.17) is 0 Å². The van der Waals surface area contributed by atoms with Crippen LogP contribution < -0.4 is 10.9 Å². The fourth-order valence-electron chi connectivity index (χ4n) is 1.50. The Hall–Kier alpha value is -1.35. The molecule has 0 amide bonds. The van der Waals surface area contributed by atoms with Crippen molar-refractivity contribution < 1.29 is 0 Å². The van der Waals surface area contributed by atoms with Crippen molar-refractivity contribution in [3.05, 3.63) is 40.8 Å². The lowest BCUT2D eigenvalue weighted by molar-refractivity contribution is 0.520. The predicted octanol–water partition coefficient (Wildman–Crippen LogP) is 2.17. The molecule has 1 saturated heterocycles. The Morgan fingerprint density at radius 3 is 2.25 bits per heavy atom. The molecule has 3 heteroatoms. The lowest BCUT2D eigenvalue weighted by Gasteiger charge is -2.08. The molecular formula is C13H20N2O. The minimum absolute atomic E-state index is 0.0829. The van der Waals surface area contributed by atoms with Crippen LogP contribution in [0.4, 0.5) is 0 Å². The Morgan fingerprint density at radius 1 is 1.25 bits per heavy atom. The van der Waals surface area contributed by atoms with Gasteiger partial charge in [-0.1, -0.05) is 19.1 Å². The molecule has 16 heavy (non-hydrogen) atoms. The molecule has 1 aliphatic heterocycles. The maximum Gasteiger partial charge on any atom is 0.248 e. The van der Waals surface area contributed by atoms with Gasteiger partial charge in [0.2, 0.25) is 5.56 Å². The molecule has 88 valence electrons. The highest BCUT2D eigenvalue weighted by Crippen LogP contribution is 2.03. The molecule has 0 aliphatic carbocycles. The van der Waals surface area contributed by atoms with Crippen LogP contribution >= 0.6 is 0 Å². The van der Waals surface area contributed by atoms with Gasteiger partial charge in [0.15, 0.2) is 0 Å². The fourth-order valence-corrected chi connectivity index (χ4v) is 1.50. The van der Waals surface area contributed by atoms with Crippen LogP contribution in [0.5, 0.6) is 0 Å². The number of hydrogen-bond donors (Lipinski definition) is 2. The summed E-state index contributed by atoms with van der Waals surface area (Å²) in [5.41, 5.74) is 1.59. The zero-order valence-electron chi connectivity index (χ0n) is 9.88. The number of hydrogen-bond acceptors (Lipinski definition) is 2. The fraction of sp³-hybridized carbons (Fsp3) is 0.462. The molecule has 1 aromatic heterocycles. The van der Waals surface area contributed by atoms with E-state index in [0.29, 0.717) is 0 Å². The molecule has 2 heterocycles. The first-order chi connectivity index (χ1) is 7.70. The summed E-state index contributed by atoms with van der Waals surface area (Å²) in [6, 6.07) is 5.01. The van der Waals surface area contributed by atoms with E-state index >= 15 is 0 Å². The highest BCUT2D eigenvalue weighted by molar-refractivity contribution is 5.56. The van der Waals surface area contributed by atoms with Gasteiger partial charge >= 0.3 is 0 Å². The van der Waals surface area contributed by atoms with E-state index in [0.717, 1.165) is 11.3 Å². The summed E-state index contributed by atoms with van der Waals surface area (Å²) in [5, 5.41) is 3.28. The minimum atomic E-state index is -0.0829. The zero-order chi connectivity index (χ0) is 11.8. The van der Waals surface area contributed by atoms with Crippen molar-refractivity contribution in [1.29, 1.82) is 0 Å². The number of aromatic amines is 1. The molecule has 0 radical (unpaired) electrons. The van der Waals surface area contributed by atoms with Gasteiger partial charge in [0.1, 0.15) is 0 Å². The Morgan fingerprint density at radius 2 is 1.94 bits per heavy atom. The van der Waals surface area contributed by atoms with Gasteiger partial charge in [-0.3, -0.25) is 4.79 Å². The van der Waals surface area contributed by atoms with Crippen molar-refractivity contribution in [2.75, 3.05) is 13.1 Å². The van der Waals surface area contributed by atoms with E-state index in [9.17, 15) is 4.79 Å². The third-order valence-electron chi connectivity index (χ3n) is 2.44. The Balaban J connectivity index is 0.000000181. The molecule has 0 bridgehead atoms. The first-order valence-corrected chi connectivity index (χ1v) is 5.76. The third-order valence-corrected chi connectivity index (χ3v) is 2.44. The van der Waals surface area contributed by atoms with E-state index in [-0.39, 0.29) is 5.56 Å².